The summed E-state index contributed by atoms with van der Waals surface area (Å²) in [4.78, 5) is 46.7. The van der Waals surface area contributed by atoms with Gasteiger partial charge in [-0.1, -0.05) is 6.07 Å². The zero-order valence-electron chi connectivity index (χ0n) is 12.2. The van der Waals surface area contributed by atoms with Crippen LogP contribution in [0.3, 0.4) is 0 Å². The SMILES string of the molecule is COC(=O)c1nc(=S)[nH]c(C(=O)OC)c1C(=O)c1ccccn1. The van der Waals surface area contributed by atoms with Crippen molar-refractivity contribution < 1.29 is 23.9 Å². The van der Waals surface area contributed by atoms with E-state index in [2.05, 4.69) is 24.4 Å². The Morgan fingerprint density at radius 2 is 1.83 bits per heavy atom. The Labute approximate surface area is 135 Å². The van der Waals surface area contributed by atoms with Gasteiger partial charge in [0.15, 0.2) is 10.5 Å². The summed E-state index contributed by atoms with van der Waals surface area (Å²) in [6.07, 6.45) is 1.40. The molecule has 0 aliphatic carbocycles. The number of ketones is 1. The molecule has 1 N–H and O–H groups in total. The molecule has 2 heterocycles. The average molecular weight is 333 g/mol. The number of aromatic amines is 1. The number of rotatable bonds is 4. The highest BCUT2D eigenvalue weighted by atomic mass is 32.1. The summed E-state index contributed by atoms with van der Waals surface area (Å²) in [6.45, 7) is 0. The number of carbonyl (C=O) groups is 3. The maximum atomic E-state index is 12.7. The first-order valence-corrected chi connectivity index (χ1v) is 6.67. The lowest BCUT2D eigenvalue weighted by molar-refractivity contribution is 0.0582. The molecule has 118 valence electrons. The van der Waals surface area contributed by atoms with E-state index in [4.69, 9.17) is 12.2 Å². The predicted octanol–water partition coefficient (Wildman–Crippen LogP) is 1.34. The number of pyridine rings is 1. The molecule has 9 heteroatoms. The second-order valence-electron chi connectivity index (χ2n) is 4.17. The topological polar surface area (TPSA) is 111 Å². The predicted molar refractivity (Wildman–Crippen MR) is 79.8 cm³/mol. The molecule has 0 unspecified atom stereocenters. The second-order valence-corrected chi connectivity index (χ2v) is 4.55. The van der Waals surface area contributed by atoms with Gasteiger partial charge in [-0.3, -0.25) is 9.78 Å². The van der Waals surface area contributed by atoms with Gasteiger partial charge in [0, 0.05) is 6.20 Å². The third-order valence-corrected chi connectivity index (χ3v) is 3.02. The first kappa shape index (κ1) is 16.4. The third-order valence-electron chi connectivity index (χ3n) is 2.82. The van der Waals surface area contributed by atoms with Crippen LogP contribution in [-0.4, -0.2) is 46.9 Å². The Balaban J connectivity index is 2.77. The van der Waals surface area contributed by atoms with E-state index in [1.807, 2.05) is 0 Å². The molecule has 2 aromatic heterocycles. The highest BCUT2D eigenvalue weighted by Crippen LogP contribution is 2.17. The molecule has 0 radical (unpaired) electrons. The number of methoxy groups -OCH3 is 2. The normalized spacial score (nSPS) is 10.0. The fourth-order valence-electron chi connectivity index (χ4n) is 1.82. The van der Waals surface area contributed by atoms with Crippen LogP contribution < -0.4 is 0 Å². The summed E-state index contributed by atoms with van der Waals surface area (Å²) in [6, 6.07) is 4.65. The van der Waals surface area contributed by atoms with Gasteiger partial charge < -0.3 is 14.5 Å². The molecule has 0 spiro atoms. The van der Waals surface area contributed by atoms with Crippen LogP contribution in [0.25, 0.3) is 0 Å². The summed E-state index contributed by atoms with van der Waals surface area (Å²) in [5.74, 6) is -2.47. The molecule has 0 aliphatic rings. The van der Waals surface area contributed by atoms with Crippen molar-refractivity contribution in [3.8, 4) is 0 Å². The quantitative estimate of drug-likeness (QED) is 0.507. The number of aromatic nitrogens is 3. The van der Waals surface area contributed by atoms with Gasteiger partial charge in [0.25, 0.3) is 0 Å². The number of nitrogens with zero attached hydrogens (tertiary/aromatic N) is 2. The number of carbonyl (C=O) groups excluding carboxylic acids is 3. The van der Waals surface area contributed by atoms with Gasteiger partial charge >= 0.3 is 11.9 Å². The average Bonchev–Trinajstić information content (AvgIpc) is 2.59. The largest absolute Gasteiger partial charge is 0.464 e. The van der Waals surface area contributed by atoms with E-state index in [0.717, 1.165) is 14.2 Å². The molecule has 0 saturated carbocycles. The summed E-state index contributed by atoms with van der Waals surface area (Å²) in [7, 11) is 2.25. The van der Waals surface area contributed by atoms with Gasteiger partial charge in [0.1, 0.15) is 11.4 Å². The molecule has 0 amide bonds. The van der Waals surface area contributed by atoms with Crippen LogP contribution in [0.4, 0.5) is 0 Å². The molecule has 0 fully saturated rings. The molecule has 0 aromatic carbocycles. The fourth-order valence-corrected chi connectivity index (χ4v) is 2.01. The van der Waals surface area contributed by atoms with E-state index in [1.54, 1.807) is 12.1 Å². The molecule has 0 aliphatic heterocycles. The Bertz CT molecular complexity index is 792. The van der Waals surface area contributed by atoms with E-state index < -0.39 is 17.7 Å². The number of esters is 2. The zero-order valence-corrected chi connectivity index (χ0v) is 13.0. The fraction of sp³-hybridized carbons (Fsp3) is 0.143. The molecule has 0 saturated heterocycles. The number of hydrogen-bond acceptors (Lipinski definition) is 8. The summed E-state index contributed by atoms with van der Waals surface area (Å²) in [5, 5.41) is 0. The maximum absolute atomic E-state index is 12.7. The molecular weight excluding hydrogens is 322 g/mol. The minimum absolute atomic E-state index is 0.0233. The Hall–Kier alpha value is -2.94. The molecule has 0 bridgehead atoms. The van der Waals surface area contributed by atoms with Gasteiger partial charge in [-0.25, -0.2) is 14.6 Å². The van der Waals surface area contributed by atoms with E-state index in [1.165, 1.54) is 12.3 Å². The van der Waals surface area contributed by atoms with E-state index >= 15 is 0 Å². The Morgan fingerprint density at radius 3 is 2.39 bits per heavy atom. The Morgan fingerprint density at radius 1 is 1.13 bits per heavy atom. The smallest absolute Gasteiger partial charge is 0.357 e. The van der Waals surface area contributed by atoms with Crippen LogP contribution >= 0.6 is 12.2 Å². The first-order valence-electron chi connectivity index (χ1n) is 6.26. The van der Waals surface area contributed by atoms with Crippen molar-refractivity contribution in [3.63, 3.8) is 0 Å². The van der Waals surface area contributed by atoms with Crippen molar-refractivity contribution >= 4 is 29.9 Å². The van der Waals surface area contributed by atoms with Crippen LogP contribution in [0.15, 0.2) is 24.4 Å². The monoisotopic (exact) mass is 333 g/mol. The second kappa shape index (κ2) is 6.88. The lowest BCUT2D eigenvalue weighted by atomic mass is 10.0. The van der Waals surface area contributed by atoms with E-state index in [9.17, 15) is 14.4 Å². The highest BCUT2D eigenvalue weighted by molar-refractivity contribution is 7.71. The molecular formula is C14H11N3O5S. The number of hydrogen-bond donors (Lipinski definition) is 1. The van der Waals surface area contributed by atoms with E-state index in [-0.39, 0.29) is 27.4 Å². The Kier molecular flexibility index (Phi) is 4.91. The lowest BCUT2D eigenvalue weighted by Crippen LogP contribution is -2.21. The van der Waals surface area contributed by atoms with Crippen molar-refractivity contribution in [2.75, 3.05) is 14.2 Å². The maximum Gasteiger partial charge on any atom is 0.357 e. The van der Waals surface area contributed by atoms with Crippen molar-refractivity contribution in [2.24, 2.45) is 0 Å². The molecule has 8 nitrogen and oxygen atoms in total. The summed E-state index contributed by atoms with van der Waals surface area (Å²) in [5.41, 5.74) is -0.956. The van der Waals surface area contributed by atoms with Crippen molar-refractivity contribution in [1.82, 2.24) is 15.0 Å². The van der Waals surface area contributed by atoms with Gasteiger partial charge in [-0.05, 0) is 24.4 Å². The zero-order chi connectivity index (χ0) is 17.0. The van der Waals surface area contributed by atoms with Gasteiger partial charge in [-0.2, -0.15) is 0 Å². The van der Waals surface area contributed by atoms with Crippen molar-refractivity contribution in [2.45, 2.75) is 0 Å². The van der Waals surface area contributed by atoms with Crippen LogP contribution in [0.2, 0.25) is 0 Å². The van der Waals surface area contributed by atoms with E-state index in [0.29, 0.717) is 0 Å². The molecule has 23 heavy (non-hydrogen) atoms. The van der Waals surface area contributed by atoms with Crippen LogP contribution in [0.5, 0.6) is 0 Å². The first-order chi connectivity index (χ1) is 11.0. The molecule has 0 atom stereocenters. The van der Waals surface area contributed by atoms with Gasteiger partial charge in [0.2, 0.25) is 5.78 Å². The molecule has 2 aromatic rings. The molecule has 2 rings (SSSR count). The standard InChI is InChI=1S/C14H11N3O5S/c1-21-12(19)9-8(11(18)7-5-3-4-6-15-7)10(13(20)22-2)17-14(23)16-9/h3-6H,1-2H3,(H,16,17,23). The van der Waals surface area contributed by atoms with Gasteiger partial charge in [0.05, 0.1) is 19.8 Å². The minimum atomic E-state index is -0.908. The summed E-state index contributed by atoms with van der Waals surface area (Å²) >= 11 is 4.88. The number of ether oxygens (including phenoxy) is 2. The lowest BCUT2D eigenvalue weighted by Gasteiger charge is -2.10. The van der Waals surface area contributed by atoms with Gasteiger partial charge in [-0.15, -0.1) is 0 Å². The minimum Gasteiger partial charge on any atom is -0.464 e. The van der Waals surface area contributed by atoms with Crippen LogP contribution in [0, 0.1) is 4.77 Å². The highest BCUT2D eigenvalue weighted by Gasteiger charge is 2.29. The van der Waals surface area contributed by atoms with Crippen molar-refractivity contribution in [1.29, 1.82) is 0 Å². The van der Waals surface area contributed by atoms with Crippen LogP contribution in [0.1, 0.15) is 37.0 Å². The van der Waals surface area contributed by atoms with Crippen molar-refractivity contribution in [3.05, 3.63) is 51.8 Å². The number of H-pyrrole nitrogens is 1. The third kappa shape index (κ3) is 3.29. The summed E-state index contributed by atoms with van der Waals surface area (Å²) < 4.78 is 9.05. The number of nitrogens with one attached hydrogen (secondary N) is 1. The van der Waals surface area contributed by atoms with Crippen LogP contribution in [-0.2, 0) is 9.47 Å².